The van der Waals surface area contributed by atoms with E-state index in [0.29, 0.717) is 58.5 Å². The van der Waals surface area contributed by atoms with Crippen LogP contribution in [0.15, 0.2) is 79.3 Å². The summed E-state index contributed by atoms with van der Waals surface area (Å²) in [6.07, 6.45) is 6.67. The van der Waals surface area contributed by atoms with Gasteiger partial charge in [-0.25, -0.2) is 9.97 Å². The van der Waals surface area contributed by atoms with E-state index in [1.54, 1.807) is 61.1 Å². The number of likely N-dealkylation sites (tertiary alicyclic amines) is 1. The summed E-state index contributed by atoms with van der Waals surface area (Å²) < 4.78 is 6.21. The number of aromatic amines is 1. The van der Waals surface area contributed by atoms with E-state index < -0.39 is 0 Å². The molecule has 0 saturated carbocycles. The fourth-order valence-electron chi connectivity index (χ4n) is 4.83. The molecule has 1 fully saturated rings. The van der Waals surface area contributed by atoms with Gasteiger partial charge in [-0.3, -0.25) is 19.7 Å². The lowest BCUT2D eigenvalue weighted by Crippen LogP contribution is -2.45. The van der Waals surface area contributed by atoms with Crippen LogP contribution in [0, 0.1) is 6.92 Å². The zero-order chi connectivity index (χ0) is 28.2. The fraction of sp³-hybridized carbons (Fsp3) is 0.200. The van der Waals surface area contributed by atoms with E-state index >= 15 is 0 Å². The minimum absolute atomic E-state index is 0.00310. The average molecular weight is 549 g/mol. The van der Waals surface area contributed by atoms with Gasteiger partial charge in [-0.2, -0.15) is 5.10 Å². The number of anilines is 2. The molecule has 5 heterocycles. The third-order valence-corrected chi connectivity index (χ3v) is 6.86. The molecule has 6 rings (SSSR count). The largest absolute Gasteiger partial charge is 0.456 e. The SMILES string of the molecule is Cc1ccnc(NC(=O)c2ccc(Oc3ccnc4[nH]nc(N[C@@H]5CCCN(C(=O)c6ccccn6)C5)c34)cc2)c1. The van der Waals surface area contributed by atoms with Gasteiger partial charge in [-0.05, 0) is 73.9 Å². The lowest BCUT2D eigenvalue weighted by atomic mass is 10.0. The molecule has 2 amide bonds. The van der Waals surface area contributed by atoms with Crippen molar-refractivity contribution < 1.29 is 14.3 Å². The van der Waals surface area contributed by atoms with E-state index in [0.717, 1.165) is 18.4 Å². The molecule has 1 aliphatic heterocycles. The molecule has 0 radical (unpaired) electrons. The first-order valence-electron chi connectivity index (χ1n) is 13.4. The number of pyridine rings is 3. The number of carbonyl (C=O) groups is 2. The number of benzene rings is 1. The topological polar surface area (TPSA) is 138 Å². The molecule has 206 valence electrons. The van der Waals surface area contributed by atoms with Crippen molar-refractivity contribution in [3.63, 3.8) is 0 Å². The highest BCUT2D eigenvalue weighted by Crippen LogP contribution is 2.33. The molecule has 1 aromatic carbocycles. The zero-order valence-electron chi connectivity index (χ0n) is 22.4. The maximum atomic E-state index is 12.9. The van der Waals surface area contributed by atoms with Crippen molar-refractivity contribution in [2.75, 3.05) is 23.7 Å². The summed E-state index contributed by atoms with van der Waals surface area (Å²) in [5.74, 6) is 1.87. The molecule has 5 aromatic rings. The molecule has 1 atom stereocenters. The Bertz CT molecular complexity index is 1690. The number of ether oxygens (including phenoxy) is 1. The molecule has 41 heavy (non-hydrogen) atoms. The summed E-state index contributed by atoms with van der Waals surface area (Å²) in [5, 5.41) is 14.4. The number of nitrogens with one attached hydrogen (secondary N) is 3. The Labute approximate surface area is 236 Å². The van der Waals surface area contributed by atoms with Crippen molar-refractivity contribution in [2.45, 2.75) is 25.8 Å². The van der Waals surface area contributed by atoms with Gasteiger partial charge in [-0.1, -0.05) is 6.07 Å². The van der Waals surface area contributed by atoms with E-state index in [-0.39, 0.29) is 17.9 Å². The quantitative estimate of drug-likeness (QED) is 0.263. The fourth-order valence-corrected chi connectivity index (χ4v) is 4.83. The Hall–Kier alpha value is -5.32. The molecule has 11 heteroatoms. The molecule has 0 aliphatic carbocycles. The Balaban J connectivity index is 1.15. The number of rotatable bonds is 7. The summed E-state index contributed by atoms with van der Waals surface area (Å²) in [6, 6.07) is 17.7. The lowest BCUT2D eigenvalue weighted by molar-refractivity contribution is 0.0708. The van der Waals surface area contributed by atoms with Crippen molar-refractivity contribution in [1.82, 2.24) is 30.0 Å². The highest BCUT2D eigenvalue weighted by atomic mass is 16.5. The first-order valence-corrected chi connectivity index (χ1v) is 13.4. The van der Waals surface area contributed by atoms with Crippen molar-refractivity contribution >= 4 is 34.5 Å². The second kappa shape index (κ2) is 11.4. The standard InChI is InChI=1S/C30H28N8O3/c1-19-11-14-32-25(17-19)35-29(39)20-7-9-22(10-8-20)41-24-12-15-33-27-26(24)28(37-36-27)34-21-5-4-16-38(18-21)30(40)23-6-2-3-13-31-23/h2-3,6-15,17,21H,4-5,16,18H2,1H3,(H,32,35,39)(H2,33,34,36,37)/t21-/m1/s1. The number of H-pyrrole nitrogens is 1. The summed E-state index contributed by atoms with van der Waals surface area (Å²) in [7, 11) is 0. The summed E-state index contributed by atoms with van der Waals surface area (Å²) >= 11 is 0. The molecule has 1 saturated heterocycles. The van der Waals surface area contributed by atoms with Gasteiger partial charge in [0.15, 0.2) is 11.5 Å². The highest BCUT2D eigenvalue weighted by Gasteiger charge is 2.26. The third kappa shape index (κ3) is 5.83. The van der Waals surface area contributed by atoms with Crippen LogP contribution in [0.5, 0.6) is 11.5 Å². The second-order valence-corrected chi connectivity index (χ2v) is 9.85. The number of hydrogen-bond donors (Lipinski definition) is 3. The second-order valence-electron chi connectivity index (χ2n) is 9.85. The predicted octanol–water partition coefficient (Wildman–Crippen LogP) is 4.82. The first-order chi connectivity index (χ1) is 20.0. The average Bonchev–Trinajstić information content (AvgIpc) is 3.41. The minimum atomic E-state index is -0.259. The van der Waals surface area contributed by atoms with E-state index in [4.69, 9.17) is 4.74 Å². The summed E-state index contributed by atoms with van der Waals surface area (Å²) in [6.45, 7) is 3.15. The summed E-state index contributed by atoms with van der Waals surface area (Å²) in [4.78, 5) is 40.2. The molecule has 0 spiro atoms. The molecular formula is C30H28N8O3. The molecular weight excluding hydrogens is 520 g/mol. The number of piperidine rings is 1. The number of nitrogens with zero attached hydrogens (tertiary/aromatic N) is 5. The molecule has 0 bridgehead atoms. The molecule has 4 aromatic heterocycles. The molecule has 3 N–H and O–H groups in total. The Morgan fingerprint density at radius 2 is 1.85 bits per heavy atom. The van der Waals surface area contributed by atoms with Crippen LogP contribution in [-0.2, 0) is 0 Å². The van der Waals surface area contributed by atoms with Crippen LogP contribution < -0.4 is 15.4 Å². The third-order valence-electron chi connectivity index (χ3n) is 6.86. The van der Waals surface area contributed by atoms with Gasteiger partial charge in [0, 0.05) is 49.4 Å². The zero-order valence-corrected chi connectivity index (χ0v) is 22.4. The van der Waals surface area contributed by atoms with Gasteiger partial charge in [0.2, 0.25) is 0 Å². The number of hydrogen-bond acceptors (Lipinski definition) is 8. The number of aromatic nitrogens is 5. The van der Waals surface area contributed by atoms with E-state index in [2.05, 4.69) is 35.8 Å². The van der Waals surface area contributed by atoms with E-state index in [9.17, 15) is 9.59 Å². The maximum absolute atomic E-state index is 12.9. The van der Waals surface area contributed by atoms with Crippen LogP contribution >= 0.6 is 0 Å². The van der Waals surface area contributed by atoms with Crippen LogP contribution in [0.3, 0.4) is 0 Å². The van der Waals surface area contributed by atoms with E-state index in [1.165, 1.54) is 0 Å². The van der Waals surface area contributed by atoms with Gasteiger partial charge in [0.25, 0.3) is 11.8 Å². The minimum Gasteiger partial charge on any atom is -0.456 e. The smallest absolute Gasteiger partial charge is 0.272 e. The van der Waals surface area contributed by atoms with Gasteiger partial charge in [0.1, 0.15) is 28.4 Å². The van der Waals surface area contributed by atoms with E-state index in [1.807, 2.05) is 30.0 Å². The van der Waals surface area contributed by atoms with Gasteiger partial charge in [-0.15, -0.1) is 0 Å². The van der Waals surface area contributed by atoms with Crippen molar-refractivity contribution in [1.29, 1.82) is 0 Å². The van der Waals surface area contributed by atoms with Gasteiger partial charge in [0.05, 0.1) is 0 Å². The Kier molecular flexibility index (Phi) is 7.23. The molecule has 1 aliphatic rings. The lowest BCUT2D eigenvalue weighted by Gasteiger charge is -2.33. The summed E-state index contributed by atoms with van der Waals surface area (Å²) in [5.41, 5.74) is 2.50. The van der Waals surface area contributed by atoms with Gasteiger partial charge < -0.3 is 20.3 Å². The maximum Gasteiger partial charge on any atom is 0.272 e. The van der Waals surface area contributed by atoms with Crippen molar-refractivity contribution in [2.24, 2.45) is 0 Å². The number of fused-ring (bicyclic) bond motifs is 1. The number of amides is 2. The van der Waals surface area contributed by atoms with Crippen LogP contribution in [-0.4, -0.2) is 61.0 Å². The monoisotopic (exact) mass is 548 g/mol. The van der Waals surface area contributed by atoms with Crippen LogP contribution in [0.1, 0.15) is 39.3 Å². The van der Waals surface area contributed by atoms with Gasteiger partial charge >= 0.3 is 0 Å². The highest BCUT2D eigenvalue weighted by molar-refractivity contribution is 6.03. The van der Waals surface area contributed by atoms with Crippen LogP contribution in [0.4, 0.5) is 11.6 Å². The number of carbonyl (C=O) groups excluding carboxylic acids is 2. The van der Waals surface area contributed by atoms with Crippen LogP contribution in [0.2, 0.25) is 0 Å². The van der Waals surface area contributed by atoms with Crippen LogP contribution in [0.25, 0.3) is 11.0 Å². The predicted molar refractivity (Wildman–Crippen MR) is 154 cm³/mol. The van der Waals surface area contributed by atoms with Crippen molar-refractivity contribution in [3.8, 4) is 11.5 Å². The normalized spacial score (nSPS) is 15.0. The first kappa shape index (κ1) is 25.9. The Morgan fingerprint density at radius 1 is 1.00 bits per heavy atom. The molecule has 11 nitrogen and oxygen atoms in total. The number of aryl methyl sites for hydroxylation is 1. The Morgan fingerprint density at radius 3 is 2.66 bits per heavy atom. The van der Waals surface area contributed by atoms with Crippen molar-refractivity contribution in [3.05, 3.63) is 96.1 Å². The molecule has 0 unspecified atom stereocenters.